The van der Waals surface area contributed by atoms with Gasteiger partial charge in [-0.05, 0) is 45.0 Å². The average molecular weight is 220 g/mol. The number of aromatic nitrogens is 2. The van der Waals surface area contributed by atoms with Gasteiger partial charge in [-0.2, -0.15) is 0 Å². The second-order valence-corrected chi connectivity index (χ2v) is 4.25. The molecule has 1 saturated heterocycles. The lowest BCUT2D eigenvalue weighted by molar-refractivity contribution is 0.385. The second kappa shape index (κ2) is 6.55. The lowest BCUT2D eigenvalue weighted by Gasteiger charge is -2.23. The van der Waals surface area contributed by atoms with Gasteiger partial charge in [0.25, 0.3) is 0 Å². The highest BCUT2D eigenvalue weighted by molar-refractivity contribution is 4.88. The molecule has 1 aliphatic rings. The van der Waals surface area contributed by atoms with Crippen molar-refractivity contribution in [3.63, 3.8) is 0 Å². The summed E-state index contributed by atoms with van der Waals surface area (Å²) < 4.78 is 0. The molecule has 88 valence electrons. The van der Waals surface area contributed by atoms with Crippen LogP contribution in [0, 0.1) is 0 Å². The minimum Gasteiger partial charge on any atom is -0.317 e. The molecule has 1 fully saturated rings. The number of aryl methyl sites for hydroxylation is 1. The van der Waals surface area contributed by atoms with Crippen molar-refractivity contribution in [2.24, 2.45) is 0 Å². The van der Waals surface area contributed by atoms with Crippen LogP contribution in [0.15, 0.2) is 18.5 Å². The maximum absolute atomic E-state index is 4.21. The molecule has 2 heterocycles. The van der Waals surface area contributed by atoms with Crippen molar-refractivity contribution >= 4 is 0 Å². The average Bonchev–Trinajstić information content (AvgIpc) is 2.37. The number of rotatable bonds is 5. The van der Waals surface area contributed by atoms with Crippen LogP contribution < -0.4 is 10.6 Å². The van der Waals surface area contributed by atoms with Crippen LogP contribution in [0.1, 0.15) is 25.1 Å². The van der Waals surface area contributed by atoms with Crippen molar-refractivity contribution < 1.29 is 0 Å². The smallest absolute Gasteiger partial charge is 0.128 e. The van der Waals surface area contributed by atoms with Gasteiger partial charge < -0.3 is 10.6 Å². The van der Waals surface area contributed by atoms with Crippen LogP contribution >= 0.6 is 0 Å². The Morgan fingerprint density at radius 3 is 2.75 bits per heavy atom. The predicted octanol–water partition coefficient (Wildman–Crippen LogP) is 0.751. The molecule has 1 aromatic rings. The minimum atomic E-state index is 0.706. The highest BCUT2D eigenvalue weighted by atomic mass is 15.0. The largest absolute Gasteiger partial charge is 0.317 e. The topological polar surface area (TPSA) is 49.8 Å². The third-order valence-corrected chi connectivity index (χ3v) is 2.97. The highest BCUT2D eigenvalue weighted by Gasteiger charge is 2.11. The van der Waals surface area contributed by atoms with Gasteiger partial charge >= 0.3 is 0 Å². The fourth-order valence-electron chi connectivity index (χ4n) is 2.04. The van der Waals surface area contributed by atoms with E-state index in [4.69, 9.17) is 0 Å². The van der Waals surface area contributed by atoms with Gasteiger partial charge in [0, 0.05) is 24.9 Å². The summed E-state index contributed by atoms with van der Waals surface area (Å²) in [4.78, 5) is 8.43. The molecule has 0 bridgehead atoms. The van der Waals surface area contributed by atoms with E-state index in [0.717, 1.165) is 38.3 Å². The predicted molar refractivity (Wildman–Crippen MR) is 64.2 cm³/mol. The highest BCUT2D eigenvalue weighted by Crippen LogP contribution is 2.02. The van der Waals surface area contributed by atoms with Crippen molar-refractivity contribution in [2.75, 3.05) is 19.6 Å². The van der Waals surface area contributed by atoms with Crippen LogP contribution in [0.2, 0.25) is 0 Å². The van der Waals surface area contributed by atoms with Crippen LogP contribution in [0.3, 0.4) is 0 Å². The molecule has 0 aromatic carbocycles. The molecule has 0 aliphatic carbocycles. The molecule has 4 nitrogen and oxygen atoms in total. The van der Waals surface area contributed by atoms with E-state index in [0.29, 0.717) is 6.04 Å². The Morgan fingerprint density at radius 1 is 1.25 bits per heavy atom. The standard InChI is InChI=1S/C12H20N4/c1(3-12-15-7-2-8-16-12)6-14-11-4-9-13-10-5-11/h2,7-8,11,13-14H,1,3-6,9-10H2. The fraction of sp³-hybridized carbons (Fsp3) is 0.667. The maximum atomic E-state index is 4.21. The van der Waals surface area contributed by atoms with Crippen molar-refractivity contribution in [1.82, 2.24) is 20.6 Å². The molecular formula is C12H20N4. The molecular weight excluding hydrogens is 200 g/mol. The van der Waals surface area contributed by atoms with Crippen molar-refractivity contribution in [2.45, 2.75) is 31.7 Å². The van der Waals surface area contributed by atoms with E-state index < -0.39 is 0 Å². The number of hydrogen-bond donors (Lipinski definition) is 2. The summed E-state index contributed by atoms with van der Waals surface area (Å²) in [5.74, 6) is 0.953. The van der Waals surface area contributed by atoms with Crippen LogP contribution in [-0.2, 0) is 6.42 Å². The van der Waals surface area contributed by atoms with Gasteiger partial charge in [-0.1, -0.05) is 0 Å². The quantitative estimate of drug-likeness (QED) is 0.719. The van der Waals surface area contributed by atoms with E-state index in [1.54, 1.807) is 0 Å². The maximum Gasteiger partial charge on any atom is 0.128 e. The minimum absolute atomic E-state index is 0.706. The lowest BCUT2D eigenvalue weighted by atomic mass is 10.1. The Hall–Kier alpha value is -1.00. The van der Waals surface area contributed by atoms with Gasteiger partial charge in [0.05, 0.1) is 0 Å². The molecule has 0 unspecified atom stereocenters. The summed E-state index contributed by atoms with van der Waals surface area (Å²) in [5.41, 5.74) is 0. The van der Waals surface area contributed by atoms with Crippen molar-refractivity contribution in [3.05, 3.63) is 24.3 Å². The number of piperidine rings is 1. The Balaban J connectivity index is 1.58. The first kappa shape index (κ1) is 11.5. The molecule has 0 atom stereocenters. The summed E-state index contributed by atoms with van der Waals surface area (Å²) in [5, 5.41) is 6.97. The molecule has 16 heavy (non-hydrogen) atoms. The normalized spacial score (nSPS) is 17.5. The van der Waals surface area contributed by atoms with Gasteiger partial charge in [0.1, 0.15) is 5.82 Å². The van der Waals surface area contributed by atoms with E-state index in [2.05, 4.69) is 20.6 Å². The number of nitrogens with zero attached hydrogens (tertiary/aromatic N) is 2. The molecule has 0 amide bonds. The van der Waals surface area contributed by atoms with E-state index in [9.17, 15) is 0 Å². The van der Waals surface area contributed by atoms with Crippen LogP contribution in [-0.4, -0.2) is 35.6 Å². The molecule has 1 aliphatic heterocycles. The molecule has 1 aromatic heterocycles. The van der Waals surface area contributed by atoms with E-state index in [-0.39, 0.29) is 0 Å². The first-order valence-electron chi connectivity index (χ1n) is 6.15. The van der Waals surface area contributed by atoms with Crippen molar-refractivity contribution in [1.29, 1.82) is 0 Å². The lowest BCUT2D eigenvalue weighted by Crippen LogP contribution is -2.40. The third kappa shape index (κ3) is 3.87. The monoisotopic (exact) mass is 220 g/mol. The zero-order chi connectivity index (χ0) is 11.1. The molecule has 4 heteroatoms. The fourth-order valence-corrected chi connectivity index (χ4v) is 2.04. The first-order valence-corrected chi connectivity index (χ1v) is 6.15. The second-order valence-electron chi connectivity index (χ2n) is 4.25. The zero-order valence-corrected chi connectivity index (χ0v) is 9.65. The number of hydrogen-bond acceptors (Lipinski definition) is 4. The van der Waals surface area contributed by atoms with Crippen LogP contribution in [0.4, 0.5) is 0 Å². The van der Waals surface area contributed by atoms with Crippen LogP contribution in [0.5, 0.6) is 0 Å². The third-order valence-electron chi connectivity index (χ3n) is 2.97. The summed E-state index contributed by atoms with van der Waals surface area (Å²) in [6.45, 7) is 3.38. The van der Waals surface area contributed by atoms with Gasteiger partial charge in [0.15, 0.2) is 0 Å². The van der Waals surface area contributed by atoms with E-state index in [1.165, 1.54) is 12.8 Å². The van der Waals surface area contributed by atoms with Gasteiger partial charge in [-0.3, -0.25) is 0 Å². The SMILES string of the molecule is c1cnc(CCCNC2CCNCC2)nc1. The van der Waals surface area contributed by atoms with Crippen LogP contribution in [0.25, 0.3) is 0 Å². The van der Waals surface area contributed by atoms with E-state index >= 15 is 0 Å². The molecule has 2 rings (SSSR count). The summed E-state index contributed by atoms with van der Waals surface area (Å²) >= 11 is 0. The molecule has 0 radical (unpaired) electrons. The summed E-state index contributed by atoms with van der Waals surface area (Å²) in [6.07, 6.45) is 8.21. The van der Waals surface area contributed by atoms with Gasteiger partial charge in [-0.15, -0.1) is 0 Å². The zero-order valence-electron chi connectivity index (χ0n) is 9.65. The Bertz CT molecular complexity index is 282. The Labute approximate surface area is 96.9 Å². The summed E-state index contributed by atoms with van der Waals surface area (Å²) in [6, 6.07) is 2.56. The first-order chi connectivity index (χ1) is 7.95. The van der Waals surface area contributed by atoms with Gasteiger partial charge in [-0.25, -0.2) is 9.97 Å². The van der Waals surface area contributed by atoms with E-state index in [1.807, 2.05) is 18.5 Å². The molecule has 0 saturated carbocycles. The Morgan fingerprint density at radius 2 is 2.00 bits per heavy atom. The molecule has 2 N–H and O–H groups in total. The molecule has 0 spiro atoms. The van der Waals surface area contributed by atoms with Gasteiger partial charge in [0.2, 0.25) is 0 Å². The number of nitrogens with one attached hydrogen (secondary N) is 2. The summed E-state index contributed by atoms with van der Waals surface area (Å²) in [7, 11) is 0. The van der Waals surface area contributed by atoms with Crippen molar-refractivity contribution in [3.8, 4) is 0 Å². The Kier molecular flexibility index (Phi) is 4.70.